The Kier molecular flexibility index (Phi) is 7.05. The predicted molar refractivity (Wildman–Crippen MR) is 70.5 cm³/mol. The molecule has 0 aliphatic carbocycles. The highest BCUT2D eigenvalue weighted by Crippen LogP contribution is 2.14. The molecule has 106 valence electrons. The zero-order valence-corrected chi connectivity index (χ0v) is 11.4. The molecule has 3 atom stereocenters. The normalized spacial score (nSPS) is 23.2. The number of amides is 2. The summed E-state index contributed by atoms with van der Waals surface area (Å²) in [5, 5.41) is 14.6. The van der Waals surface area contributed by atoms with Crippen molar-refractivity contribution in [3.05, 3.63) is 0 Å². The highest BCUT2D eigenvalue weighted by Gasteiger charge is 2.15. The fraction of sp³-hybridized carbons (Fsp3) is 0.923. The average Bonchev–Trinajstić information content (AvgIpc) is 2.38. The first-order chi connectivity index (χ1) is 8.63. The van der Waals surface area contributed by atoms with Crippen LogP contribution in [0.2, 0.25) is 0 Å². The second kappa shape index (κ2) is 8.32. The number of ether oxygens (including phenoxy) is 1. The summed E-state index contributed by atoms with van der Waals surface area (Å²) in [6.07, 6.45) is 4.65. The molecule has 1 rings (SSSR count). The summed E-state index contributed by atoms with van der Waals surface area (Å²) in [4.78, 5) is 11.6. The van der Waals surface area contributed by atoms with Crippen LogP contribution >= 0.6 is 0 Å². The van der Waals surface area contributed by atoms with Crippen LogP contribution < -0.4 is 10.6 Å². The summed E-state index contributed by atoms with van der Waals surface area (Å²) < 4.78 is 5.59. The standard InChI is InChI=1S/C13H26N2O3/c1-10(9-16)11(2)15-13(17)14-7-6-12-5-3-4-8-18-12/h10-12,16H,3-9H2,1-2H3,(H2,14,15,17). The van der Waals surface area contributed by atoms with Crippen molar-refractivity contribution >= 4 is 6.03 Å². The molecule has 1 heterocycles. The summed E-state index contributed by atoms with van der Waals surface area (Å²) >= 11 is 0. The van der Waals surface area contributed by atoms with Gasteiger partial charge < -0.3 is 20.5 Å². The molecule has 0 aromatic heterocycles. The smallest absolute Gasteiger partial charge is 0.315 e. The van der Waals surface area contributed by atoms with Gasteiger partial charge in [-0.1, -0.05) is 6.92 Å². The summed E-state index contributed by atoms with van der Waals surface area (Å²) in [6.45, 7) is 5.36. The Hall–Kier alpha value is -0.810. The number of hydrogen-bond donors (Lipinski definition) is 3. The van der Waals surface area contributed by atoms with Crippen LogP contribution in [0.3, 0.4) is 0 Å². The number of hydrogen-bond acceptors (Lipinski definition) is 3. The molecule has 0 bridgehead atoms. The molecule has 0 spiro atoms. The third-order valence-electron chi connectivity index (χ3n) is 3.53. The molecular weight excluding hydrogens is 232 g/mol. The number of nitrogens with one attached hydrogen (secondary N) is 2. The minimum Gasteiger partial charge on any atom is -0.396 e. The van der Waals surface area contributed by atoms with E-state index in [0.29, 0.717) is 12.6 Å². The lowest BCUT2D eigenvalue weighted by Crippen LogP contribution is -2.45. The molecule has 0 saturated carbocycles. The van der Waals surface area contributed by atoms with Crippen LogP contribution in [0.15, 0.2) is 0 Å². The lowest BCUT2D eigenvalue weighted by atomic mass is 10.1. The number of carbonyl (C=O) groups excluding carboxylic acids is 1. The highest BCUT2D eigenvalue weighted by atomic mass is 16.5. The molecular formula is C13H26N2O3. The second-order valence-corrected chi connectivity index (χ2v) is 5.13. The average molecular weight is 258 g/mol. The van der Waals surface area contributed by atoms with E-state index in [9.17, 15) is 4.79 Å². The van der Waals surface area contributed by atoms with Crippen molar-refractivity contribution in [1.82, 2.24) is 10.6 Å². The van der Waals surface area contributed by atoms with Gasteiger partial charge in [-0.2, -0.15) is 0 Å². The van der Waals surface area contributed by atoms with E-state index in [1.54, 1.807) is 0 Å². The highest BCUT2D eigenvalue weighted by molar-refractivity contribution is 5.74. The van der Waals surface area contributed by atoms with Gasteiger partial charge in [0.1, 0.15) is 0 Å². The van der Waals surface area contributed by atoms with Gasteiger partial charge in [0.2, 0.25) is 0 Å². The van der Waals surface area contributed by atoms with Crippen LogP contribution in [0.25, 0.3) is 0 Å². The van der Waals surface area contributed by atoms with E-state index in [0.717, 1.165) is 25.9 Å². The summed E-state index contributed by atoms with van der Waals surface area (Å²) in [5.74, 6) is 0.0671. The van der Waals surface area contributed by atoms with Crippen LogP contribution in [0.1, 0.15) is 39.5 Å². The number of urea groups is 1. The first kappa shape index (κ1) is 15.2. The molecule has 2 amide bonds. The van der Waals surface area contributed by atoms with Crippen LogP contribution in [0.5, 0.6) is 0 Å². The Morgan fingerprint density at radius 3 is 2.83 bits per heavy atom. The van der Waals surface area contributed by atoms with E-state index < -0.39 is 0 Å². The second-order valence-electron chi connectivity index (χ2n) is 5.13. The van der Waals surface area contributed by atoms with Gasteiger partial charge in [0.15, 0.2) is 0 Å². The molecule has 3 unspecified atom stereocenters. The number of rotatable bonds is 6. The van der Waals surface area contributed by atoms with Crippen LogP contribution in [-0.4, -0.2) is 43.0 Å². The molecule has 0 aromatic carbocycles. The Morgan fingerprint density at radius 1 is 1.44 bits per heavy atom. The van der Waals surface area contributed by atoms with Crippen LogP contribution in [0, 0.1) is 5.92 Å². The Morgan fingerprint density at radius 2 is 2.22 bits per heavy atom. The van der Waals surface area contributed by atoms with E-state index in [1.165, 1.54) is 6.42 Å². The maximum atomic E-state index is 11.6. The largest absolute Gasteiger partial charge is 0.396 e. The Balaban J connectivity index is 2.09. The summed E-state index contributed by atoms with van der Waals surface area (Å²) in [6, 6.07) is -0.195. The number of carbonyl (C=O) groups is 1. The van der Waals surface area contributed by atoms with Gasteiger partial charge in [0, 0.05) is 25.8 Å². The monoisotopic (exact) mass is 258 g/mol. The summed E-state index contributed by atoms with van der Waals surface area (Å²) in [7, 11) is 0. The molecule has 0 radical (unpaired) electrons. The van der Waals surface area contributed by atoms with Crippen molar-refractivity contribution < 1.29 is 14.6 Å². The van der Waals surface area contributed by atoms with Crippen molar-refractivity contribution in [2.24, 2.45) is 5.92 Å². The molecule has 1 aliphatic rings. The van der Waals surface area contributed by atoms with Crippen molar-refractivity contribution in [3.63, 3.8) is 0 Å². The van der Waals surface area contributed by atoms with Gasteiger partial charge in [-0.3, -0.25) is 0 Å². The first-order valence-corrected chi connectivity index (χ1v) is 6.90. The third-order valence-corrected chi connectivity index (χ3v) is 3.53. The number of aliphatic hydroxyl groups is 1. The van der Waals surface area contributed by atoms with Gasteiger partial charge in [-0.15, -0.1) is 0 Å². The fourth-order valence-corrected chi connectivity index (χ4v) is 1.94. The van der Waals surface area contributed by atoms with E-state index in [4.69, 9.17) is 9.84 Å². The first-order valence-electron chi connectivity index (χ1n) is 6.90. The molecule has 18 heavy (non-hydrogen) atoms. The fourth-order valence-electron chi connectivity index (χ4n) is 1.94. The van der Waals surface area contributed by atoms with Crippen molar-refractivity contribution in [3.8, 4) is 0 Å². The van der Waals surface area contributed by atoms with Gasteiger partial charge in [-0.25, -0.2) is 4.79 Å². The van der Waals surface area contributed by atoms with Crippen molar-refractivity contribution in [2.75, 3.05) is 19.8 Å². The van der Waals surface area contributed by atoms with Gasteiger partial charge in [0.25, 0.3) is 0 Å². The zero-order valence-electron chi connectivity index (χ0n) is 11.4. The van der Waals surface area contributed by atoms with E-state index in [2.05, 4.69) is 10.6 Å². The van der Waals surface area contributed by atoms with Crippen molar-refractivity contribution in [2.45, 2.75) is 51.7 Å². The third kappa shape index (κ3) is 5.69. The topological polar surface area (TPSA) is 70.6 Å². The zero-order chi connectivity index (χ0) is 13.4. The molecule has 1 aliphatic heterocycles. The number of aliphatic hydroxyl groups excluding tert-OH is 1. The van der Waals surface area contributed by atoms with Crippen LogP contribution in [0.4, 0.5) is 4.79 Å². The Bertz CT molecular complexity index is 242. The molecule has 1 fully saturated rings. The van der Waals surface area contributed by atoms with Gasteiger partial charge in [0.05, 0.1) is 6.10 Å². The molecule has 1 saturated heterocycles. The summed E-state index contributed by atoms with van der Waals surface area (Å²) in [5.41, 5.74) is 0. The van der Waals surface area contributed by atoms with E-state index in [1.807, 2.05) is 13.8 Å². The lowest BCUT2D eigenvalue weighted by Gasteiger charge is -2.23. The minimum absolute atomic E-state index is 0.0269. The lowest BCUT2D eigenvalue weighted by molar-refractivity contribution is 0.0120. The van der Waals surface area contributed by atoms with Crippen molar-refractivity contribution in [1.29, 1.82) is 0 Å². The molecule has 0 aromatic rings. The molecule has 5 nitrogen and oxygen atoms in total. The maximum Gasteiger partial charge on any atom is 0.315 e. The van der Waals surface area contributed by atoms with E-state index in [-0.39, 0.29) is 24.6 Å². The van der Waals surface area contributed by atoms with E-state index >= 15 is 0 Å². The Labute approximate surface area is 109 Å². The predicted octanol–water partition coefficient (Wildman–Crippen LogP) is 1.26. The van der Waals surface area contributed by atoms with Crippen LogP contribution in [-0.2, 0) is 4.74 Å². The van der Waals surface area contributed by atoms with Gasteiger partial charge >= 0.3 is 6.03 Å². The molecule has 5 heteroatoms. The quantitative estimate of drug-likeness (QED) is 0.672. The maximum absolute atomic E-state index is 11.6. The minimum atomic E-state index is -0.168. The SMILES string of the molecule is CC(CO)C(C)NC(=O)NCCC1CCCCO1. The van der Waals surface area contributed by atoms with Gasteiger partial charge in [-0.05, 0) is 38.5 Å². The molecule has 3 N–H and O–H groups in total.